The van der Waals surface area contributed by atoms with Crippen molar-refractivity contribution in [3.05, 3.63) is 47.2 Å². The van der Waals surface area contributed by atoms with Crippen molar-refractivity contribution in [2.75, 3.05) is 18.6 Å². The Morgan fingerprint density at radius 3 is 2.72 bits per heavy atom. The minimum atomic E-state index is -1.10. The molecule has 25 heavy (non-hydrogen) atoms. The van der Waals surface area contributed by atoms with Crippen LogP contribution in [-0.4, -0.2) is 41.6 Å². The first-order valence-electron chi connectivity index (χ1n) is 7.90. The molecule has 1 unspecified atom stereocenters. The number of carboxylic acids is 1. The summed E-state index contributed by atoms with van der Waals surface area (Å²) in [6.07, 6.45) is 4.26. The molecule has 1 aromatic carbocycles. The van der Waals surface area contributed by atoms with Crippen molar-refractivity contribution in [3.63, 3.8) is 0 Å². The van der Waals surface area contributed by atoms with Crippen LogP contribution >= 0.6 is 11.8 Å². The predicted molar refractivity (Wildman–Crippen MR) is 99.1 cm³/mol. The summed E-state index contributed by atoms with van der Waals surface area (Å²) in [5, 5.41) is 23.6. The van der Waals surface area contributed by atoms with Crippen molar-refractivity contribution < 1.29 is 14.7 Å². The first-order valence-corrected chi connectivity index (χ1v) is 9.29. The van der Waals surface area contributed by atoms with Crippen molar-refractivity contribution >= 4 is 23.6 Å². The van der Waals surface area contributed by atoms with Crippen molar-refractivity contribution in [1.29, 1.82) is 5.26 Å². The van der Waals surface area contributed by atoms with Crippen LogP contribution in [0.25, 0.3) is 0 Å². The third kappa shape index (κ3) is 7.31. The second-order valence-electron chi connectivity index (χ2n) is 5.45. The topological polar surface area (TPSA) is 102 Å². The maximum Gasteiger partial charge on any atom is 0.326 e. The van der Waals surface area contributed by atoms with E-state index in [0.29, 0.717) is 18.7 Å². The zero-order valence-electron chi connectivity index (χ0n) is 14.4. The zero-order chi connectivity index (χ0) is 18.7. The smallest absolute Gasteiger partial charge is 0.326 e. The van der Waals surface area contributed by atoms with E-state index in [9.17, 15) is 9.59 Å². The summed E-state index contributed by atoms with van der Waals surface area (Å²) in [6.45, 7) is 2.60. The summed E-state index contributed by atoms with van der Waals surface area (Å²) in [6, 6.07) is 8.80. The number of carboxylic acid groups (broad SMARTS) is 1. The lowest BCUT2D eigenvalue weighted by molar-refractivity contribution is -0.141. The van der Waals surface area contributed by atoms with Gasteiger partial charge in [0, 0.05) is 12.7 Å². The molecule has 1 amide bonds. The minimum absolute atomic E-state index is 0.139. The molecular formula is C18H23N3O3S. The van der Waals surface area contributed by atoms with Gasteiger partial charge in [0.05, 0.1) is 0 Å². The molecule has 0 saturated heterocycles. The number of aryl methyl sites for hydroxylation is 1. The van der Waals surface area contributed by atoms with Crippen molar-refractivity contribution in [1.82, 2.24) is 10.6 Å². The highest BCUT2D eigenvalue weighted by Crippen LogP contribution is 2.07. The number of carbonyl (C=O) groups is 2. The molecule has 0 heterocycles. The summed E-state index contributed by atoms with van der Waals surface area (Å²) >= 11 is 1.50. The molecule has 0 bridgehead atoms. The predicted octanol–water partition coefficient (Wildman–Crippen LogP) is 1.86. The van der Waals surface area contributed by atoms with Gasteiger partial charge in [0.15, 0.2) is 0 Å². The van der Waals surface area contributed by atoms with Gasteiger partial charge in [-0.05, 0) is 42.9 Å². The Balaban J connectivity index is 2.57. The fraction of sp³-hybridized carbons (Fsp3) is 0.389. The molecule has 1 aromatic rings. The lowest BCUT2D eigenvalue weighted by Gasteiger charge is -2.13. The van der Waals surface area contributed by atoms with Gasteiger partial charge in [-0.3, -0.25) is 4.79 Å². The van der Waals surface area contributed by atoms with Crippen LogP contribution in [-0.2, 0) is 16.0 Å². The number of nitrogens with zero attached hydrogens (tertiary/aromatic N) is 1. The molecule has 1 atom stereocenters. The van der Waals surface area contributed by atoms with Gasteiger partial charge >= 0.3 is 5.97 Å². The van der Waals surface area contributed by atoms with E-state index in [0.717, 1.165) is 6.42 Å². The Labute approximate surface area is 152 Å². The largest absolute Gasteiger partial charge is 0.480 e. The van der Waals surface area contributed by atoms with Gasteiger partial charge in [0.1, 0.15) is 17.7 Å². The number of benzene rings is 1. The molecule has 0 aliphatic carbocycles. The van der Waals surface area contributed by atoms with Crippen LogP contribution in [0.4, 0.5) is 0 Å². The van der Waals surface area contributed by atoms with Crippen LogP contribution in [0.15, 0.2) is 36.0 Å². The van der Waals surface area contributed by atoms with Crippen LogP contribution in [0.5, 0.6) is 0 Å². The highest BCUT2D eigenvalue weighted by Gasteiger charge is 2.21. The first-order chi connectivity index (χ1) is 12.0. The number of nitriles is 1. The van der Waals surface area contributed by atoms with Gasteiger partial charge in [-0.2, -0.15) is 17.0 Å². The molecular weight excluding hydrogens is 338 g/mol. The van der Waals surface area contributed by atoms with E-state index in [2.05, 4.69) is 10.6 Å². The minimum Gasteiger partial charge on any atom is -0.480 e. The van der Waals surface area contributed by atoms with E-state index < -0.39 is 17.9 Å². The third-order valence-electron chi connectivity index (χ3n) is 3.63. The van der Waals surface area contributed by atoms with E-state index in [4.69, 9.17) is 10.4 Å². The molecule has 6 nitrogen and oxygen atoms in total. The quantitative estimate of drug-likeness (QED) is 0.334. The molecule has 0 aliphatic rings. The SMILES string of the molecule is CSCCC(NC(=O)/C(C#N)=C\NCCc1ccccc1C)C(=O)O. The van der Waals surface area contributed by atoms with Crippen molar-refractivity contribution in [2.45, 2.75) is 25.8 Å². The van der Waals surface area contributed by atoms with Gasteiger partial charge in [0.25, 0.3) is 5.91 Å². The highest BCUT2D eigenvalue weighted by molar-refractivity contribution is 7.98. The van der Waals surface area contributed by atoms with E-state index >= 15 is 0 Å². The van der Waals surface area contributed by atoms with Crippen LogP contribution in [0.1, 0.15) is 17.5 Å². The fourth-order valence-electron chi connectivity index (χ4n) is 2.15. The molecule has 1 rings (SSSR count). The normalized spacial score (nSPS) is 12.1. The number of carbonyl (C=O) groups excluding carboxylic acids is 1. The number of amides is 1. The Bertz CT molecular complexity index is 668. The lowest BCUT2D eigenvalue weighted by atomic mass is 10.1. The third-order valence-corrected chi connectivity index (χ3v) is 4.27. The summed E-state index contributed by atoms with van der Waals surface area (Å²) < 4.78 is 0. The van der Waals surface area contributed by atoms with Crippen LogP contribution in [0.2, 0.25) is 0 Å². The number of hydrogen-bond donors (Lipinski definition) is 3. The highest BCUT2D eigenvalue weighted by atomic mass is 32.2. The molecule has 7 heteroatoms. The lowest BCUT2D eigenvalue weighted by Crippen LogP contribution is -2.41. The summed E-state index contributed by atoms with van der Waals surface area (Å²) in [5.74, 6) is -1.18. The molecule has 134 valence electrons. The number of hydrogen-bond acceptors (Lipinski definition) is 5. The average molecular weight is 361 g/mol. The fourth-order valence-corrected chi connectivity index (χ4v) is 2.62. The molecule has 0 saturated carbocycles. The van der Waals surface area contributed by atoms with E-state index in [1.807, 2.05) is 37.4 Å². The van der Waals surface area contributed by atoms with E-state index in [1.165, 1.54) is 29.1 Å². The van der Waals surface area contributed by atoms with E-state index in [-0.39, 0.29) is 5.57 Å². The summed E-state index contributed by atoms with van der Waals surface area (Å²) in [4.78, 5) is 23.2. The Kier molecular flexibility index (Phi) is 9.19. The first kappa shape index (κ1) is 20.6. The second kappa shape index (κ2) is 11.2. The maximum atomic E-state index is 12.1. The average Bonchev–Trinajstić information content (AvgIpc) is 2.59. The molecule has 0 radical (unpaired) electrons. The standard InChI is InChI=1S/C18H23N3O3S/c1-13-5-3-4-6-14(13)7-9-20-12-15(11-19)17(22)21-16(18(23)24)8-10-25-2/h3-6,12,16,20H,7-10H2,1-2H3,(H,21,22)(H,23,24)/b15-12-. The van der Waals surface area contributed by atoms with Gasteiger partial charge in [-0.15, -0.1) is 0 Å². The number of thioether (sulfide) groups is 1. The monoisotopic (exact) mass is 361 g/mol. The summed E-state index contributed by atoms with van der Waals surface area (Å²) in [5.41, 5.74) is 2.24. The van der Waals surface area contributed by atoms with Gasteiger partial charge < -0.3 is 15.7 Å². The van der Waals surface area contributed by atoms with Crippen molar-refractivity contribution in [2.24, 2.45) is 0 Å². The van der Waals surface area contributed by atoms with Gasteiger partial charge in [-0.1, -0.05) is 24.3 Å². The molecule has 0 spiro atoms. The van der Waals surface area contributed by atoms with Crippen molar-refractivity contribution in [3.8, 4) is 6.07 Å². The zero-order valence-corrected chi connectivity index (χ0v) is 15.2. The molecule has 3 N–H and O–H groups in total. The van der Waals surface area contributed by atoms with Crippen LogP contribution in [0.3, 0.4) is 0 Å². The van der Waals surface area contributed by atoms with Gasteiger partial charge in [-0.25, -0.2) is 4.79 Å². The number of nitrogens with one attached hydrogen (secondary N) is 2. The van der Waals surface area contributed by atoms with E-state index in [1.54, 1.807) is 6.07 Å². The van der Waals surface area contributed by atoms with Crippen LogP contribution < -0.4 is 10.6 Å². The summed E-state index contributed by atoms with van der Waals surface area (Å²) in [7, 11) is 0. The Hall–Kier alpha value is -2.46. The number of rotatable bonds is 10. The van der Waals surface area contributed by atoms with Gasteiger partial charge in [0.2, 0.25) is 0 Å². The molecule has 0 aromatic heterocycles. The second-order valence-corrected chi connectivity index (χ2v) is 6.43. The Morgan fingerprint density at radius 1 is 1.40 bits per heavy atom. The Morgan fingerprint density at radius 2 is 2.12 bits per heavy atom. The molecule has 0 fully saturated rings. The maximum absolute atomic E-state index is 12.1. The number of aliphatic carboxylic acids is 1. The molecule has 0 aliphatic heterocycles. The van der Waals surface area contributed by atoms with Crippen LogP contribution in [0, 0.1) is 18.3 Å².